The van der Waals surface area contributed by atoms with Crippen molar-refractivity contribution in [1.29, 1.82) is 0 Å². The van der Waals surface area contributed by atoms with Crippen molar-refractivity contribution in [1.82, 2.24) is 9.97 Å². The molecule has 0 aromatic carbocycles. The molecule has 1 amide bonds. The van der Waals surface area contributed by atoms with Crippen LogP contribution in [0.3, 0.4) is 0 Å². The minimum Gasteiger partial charge on any atom is -0.280 e. The molecular weight excluding hydrogens is 393 g/mol. The number of carbonyl (C=O) groups excluding carboxylic acids is 1. The van der Waals surface area contributed by atoms with Gasteiger partial charge in [0.2, 0.25) is 21.9 Å². The molecule has 0 radical (unpaired) electrons. The number of hydrogen-bond donors (Lipinski definition) is 1. The van der Waals surface area contributed by atoms with E-state index in [4.69, 9.17) is 5.14 Å². The summed E-state index contributed by atoms with van der Waals surface area (Å²) in [6.45, 7) is -0.103. The molecule has 7 nitrogen and oxygen atoms in total. The maximum Gasteiger partial charge on any atom is 0.434 e. The molecule has 122 valence electrons. The van der Waals surface area contributed by atoms with Crippen molar-refractivity contribution in [3.8, 4) is 0 Å². The fraction of sp³-hybridized carbons (Fsp3) is 0.500. The minimum absolute atomic E-state index is 0.103. The lowest BCUT2D eigenvalue weighted by molar-refractivity contribution is -0.141. The van der Waals surface area contributed by atoms with E-state index >= 15 is 0 Å². The molecule has 22 heavy (non-hydrogen) atoms. The Balaban J connectivity index is 2.28. The van der Waals surface area contributed by atoms with Crippen molar-refractivity contribution >= 4 is 37.8 Å². The number of nitrogens with zero attached hydrogens (tertiary/aromatic N) is 3. The van der Waals surface area contributed by atoms with Crippen molar-refractivity contribution in [3.05, 3.63) is 16.4 Å². The fourth-order valence-electron chi connectivity index (χ4n) is 2.10. The first-order valence-electron chi connectivity index (χ1n) is 5.88. The molecule has 2 rings (SSSR count). The van der Waals surface area contributed by atoms with E-state index in [2.05, 4.69) is 25.9 Å². The van der Waals surface area contributed by atoms with E-state index in [-0.39, 0.29) is 17.4 Å². The second-order valence-corrected chi connectivity index (χ2v) is 7.28. The lowest BCUT2D eigenvalue weighted by atomic mass is 10.1. The lowest BCUT2D eigenvalue weighted by Crippen LogP contribution is -2.29. The molecule has 1 fully saturated rings. The predicted molar refractivity (Wildman–Crippen MR) is 73.2 cm³/mol. The number of aromatic nitrogens is 2. The molecule has 2 N–H and O–H groups in total. The van der Waals surface area contributed by atoms with E-state index in [0.29, 0.717) is 0 Å². The van der Waals surface area contributed by atoms with Crippen LogP contribution in [0.1, 0.15) is 12.1 Å². The maximum atomic E-state index is 12.8. The average Bonchev–Trinajstić information content (AvgIpc) is 2.66. The number of rotatable bonds is 3. The van der Waals surface area contributed by atoms with Gasteiger partial charge in [-0.3, -0.25) is 9.69 Å². The summed E-state index contributed by atoms with van der Waals surface area (Å²) in [5.41, 5.74) is -1.21. The first-order valence-corrected chi connectivity index (χ1v) is 8.39. The molecule has 1 unspecified atom stereocenters. The molecule has 1 saturated heterocycles. The van der Waals surface area contributed by atoms with Gasteiger partial charge >= 0.3 is 6.18 Å². The van der Waals surface area contributed by atoms with Crippen molar-refractivity contribution in [2.24, 2.45) is 11.1 Å². The molecule has 0 aliphatic carbocycles. The highest BCUT2D eigenvalue weighted by molar-refractivity contribution is 9.10. The Labute approximate surface area is 131 Å². The predicted octanol–water partition coefficient (Wildman–Crippen LogP) is 0.899. The van der Waals surface area contributed by atoms with Crippen molar-refractivity contribution in [2.75, 3.05) is 17.2 Å². The Morgan fingerprint density at radius 2 is 2.09 bits per heavy atom. The second kappa shape index (κ2) is 5.74. The lowest BCUT2D eigenvalue weighted by Gasteiger charge is -2.16. The van der Waals surface area contributed by atoms with Gasteiger partial charge in [-0.1, -0.05) is 0 Å². The Hall–Kier alpha value is -1.27. The zero-order valence-electron chi connectivity index (χ0n) is 10.8. The van der Waals surface area contributed by atoms with Gasteiger partial charge in [-0.15, -0.1) is 0 Å². The Kier molecular flexibility index (Phi) is 4.46. The van der Waals surface area contributed by atoms with Crippen LogP contribution in [-0.2, 0) is 21.0 Å². The van der Waals surface area contributed by atoms with Crippen LogP contribution in [0.25, 0.3) is 0 Å². The first-order chi connectivity index (χ1) is 9.97. The Morgan fingerprint density at radius 1 is 1.45 bits per heavy atom. The van der Waals surface area contributed by atoms with Crippen LogP contribution in [0.4, 0.5) is 19.1 Å². The van der Waals surface area contributed by atoms with Crippen LogP contribution in [0.15, 0.2) is 10.7 Å². The molecule has 12 heteroatoms. The standard InChI is InChI=1S/C10H10BrF3N4O3S/c11-6-2-16-9(17-8(6)10(12,13)14)18-3-5(1-7(18)19)4-22(15,20)21/h2,5H,1,3-4H2,(H2,15,20,21). The van der Waals surface area contributed by atoms with Gasteiger partial charge in [0, 0.05) is 25.1 Å². The molecule has 2 heterocycles. The summed E-state index contributed by atoms with van der Waals surface area (Å²) in [5, 5.41) is 4.90. The van der Waals surface area contributed by atoms with Gasteiger partial charge in [0.05, 0.1) is 10.2 Å². The SMILES string of the molecule is NS(=O)(=O)CC1CC(=O)N(c2ncc(Br)c(C(F)(F)F)n2)C1. The van der Waals surface area contributed by atoms with E-state index in [0.717, 1.165) is 11.1 Å². The zero-order chi connectivity index (χ0) is 16.7. The van der Waals surface area contributed by atoms with Gasteiger partial charge in [-0.05, 0) is 15.9 Å². The molecular formula is C10H10BrF3N4O3S. The fourth-order valence-corrected chi connectivity index (χ4v) is 3.40. The molecule has 0 spiro atoms. The number of carbonyl (C=O) groups is 1. The number of sulfonamides is 1. The average molecular weight is 403 g/mol. The Morgan fingerprint density at radius 3 is 2.64 bits per heavy atom. The monoisotopic (exact) mass is 402 g/mol. The highest BCUT2D eigenvalue weighted by Gasteiger charge is 2.38. The first kappa shape index (κ1) is 17.1. The topological polar surface area (TPSA) is 106 Å². The largest absolute Gasteiger partial charge is 0.434 e. The number of halogens is 4. The molecule has 1 aliphatic rings. The van der Waals surface area contributed by atoms with Crippen molar-refractivity contribution in [2.45, 2.75) is 12.6 Å². The highest BCUT2D eigenvalue weighted by Crippen LogP contribution is 2.34. The molecule has 0 saturated carbocycles. The number of amides is 1. The smallest absolute Gasteiger partial charge is 0.280 e. The highest BCUT2D eigenvalue weighted by atomic mass is 79.9. The maximum absolute atomic E-state index is 12.8. The summed E-state index contributed by atoms with van der Waals surface area (Å²) in [6, 6.07) is 0. The molecule has 1 aromatic heterocycles. The molecule has 1 aliphatic heterocycles. The third-order valence-corrected chi connectivity index (χ3v) is 4.43. The molecule has 1 atom stereocenters. The minimum atomic E-state index is -4.71. The molecule has 1 aromatic rings. The van der Waals surface area contributed by atoms with Crippen LogP contribution in [0.5, 0.6) is 0 Å². The summed E-state index contributed by atoms with van der Waals surface area (Å²) in [5.74, 6) is -2.01. The Bertz CT molecular complexity index is 710. The van der Waals surface area contributed by atoms with E-state index in [1.54, 1.807) is 0 Å². The number of hydrogen-bond acceptors (Lipinski definition) is 5. The van der Waals surface area contributed by atoms with E-state index in [9.17, 15) is 26.4 Å². The zero-order valence-corrected chi connectivity index (χ0v) is 13.2. The van der Waals surface area contributed by atoms with Crippen molar-refractivity contribution < 1.29 is 26.4 Å². The number of primary sulfonamides is 1. The van der Waals surface area contributed by atoms with Crippen molar-refractivity contribution in [3.63, 3.8) is 0 Å². The summed E-state index contributed by atoms with van der Waals surface area (Å²) >= 11 is 2.70. The third kappa shape index (κ3) is 3.93. The van der Waals surface area contributed by atoms with Crippen LogP contribution >= 0.6 is 15.9 Å². The third-order valence-electron chi connectivity index (χ3n) is 2.91. The van der Waals surface area contributed by atoms with Crippen LogP contribution < -0.4 is 10.0 Å². The van der Waals surface area contributed by atoms with Gasteiger partial charge in [0.25, 0.3) is 0 Å². The van der Waals surface area contributed by atoms with Crippen LogP contribution in [0.2, 0.25) is 0 Å². The normalized spacial score (nSPS) is 19.8. The number of alkyl halides is 3. The summed E-state index contributed by atoms with van der Waals surface area (Å²) in [7, 11) is -3.78. The second-order valence-electron chi connectivity index (χ2n) is 4.77. The number of anilines is 1. The van der Waals surface area contributed by atoms with E-state index in [1.165, 1.54) is 0 Å². The van der Waals surface area contributed by atoms with Gasteiger partial charge < -0.3 is 0 Å². The summed E-state index contributed by atoms with van der Waals surface area (Å²) in [4.78, 5) is 19.8. The van der Waals surface area contributed by atoms with Gasteiger partial charge in [0.1, 0.15) is 0 Å². The van der Waals surface area contributed by atoms with Gasteiger partial charge in [-0.25, -0.2) is 23.5 Å². The number of nitrogens with two attached hydrogens (primary N) is 1. The van der Waals surface area contributed by atoms with Crippen LogP contribution in [-0.4, -0.2) is 36.6 Å². The van der Waals surface area contributed by atoms with Gasteiger partial charge in [-0.2, -0.15) is 13.2 Å². The molecule has 0 bridgehead atoms. The summed E-state index contributed by atoms with van der Waals surface area (Å²) < 4.78 is 60.1. The summed E-state index contributed by atoms with van der Waals surface area (Å²) in [6.07, 6.45) is -3.96. The van der Waals surface area contributed by atoms with Crippen LogP contribution in [0, 0.1) is 5.92 Å². The van der Waals surface area contributed by atoms with E-state index in [1.807, 2.05) is 0 Å². The van der Waals surface area contributed by atoms with E-state index < -0.39 is 45.4 Å². The van der Waals surface area contributed by atoms with Gasteiger partial charge in [0.15, 0.2) is 5.69 Å². The quantitative estimate of drug-likeness (QED) is 0.807.